The van der Waals surface area contributed by atoms with E-state index in [4.69, 9.17) is 0 Å². The average molecular weight is 233 g/mol. The second kappa shape index (κ2) is 5.50. The number of pyridine rings is 1. The minimum atomic E-state index is 0.887. The number of nitrogens with one attached hydrogen (secondary N) is 1. The van der Waals surface area contributed by atoms with Gasteiger partial charge in [0.2, 0.25) is 0 Å². The van der Waals surface area contributed by atoms with Gasteiger partial charge in [0.1, 0.15) is 0 Å². The van der Waals surface area contributed by atoms with Gasteiger partial charge in [0, 0.05) is 43.3 Å². The highest BCUT2D eigenvalue weighted by Crippen LogP contribution is 2.29. The van der Waals surface area contributed by atoms with Crippen molar-refractivity contribution in [2.45, 2.75) is 32.7 Å². The molecule has 2 rings (SSSR count). The molecule has 3 heteroatoms. The second-order valence-corrected chi connectivity index (χ2v) is 5.16. The number of anilines is 1. The normalized spacial score (nSPS) is 15.7. The van der Waals surface area contributed by atoms with E-state index in [1.54, 1.807) is 0 Å². The van der Waals surface area contributed by atoms with Crippen molar-refractivity contribution in [3.63, 3.8) is 0 Å². The Morgan fingerprint density at radius 3 is 2.82 bits per heavy atom. The summed E-state index contributed by atoms with van der Waals surface area (Å²) in [7, 11) is 4.18. The van der Waals surface area contributed by atoms with Crippen molar-refractivity contribution in [1.82, 2.24) is 10.3 Å². The van der Waals surface area contributed by atoms with Crippen molar-refractivity contribution >= 4 is 5.69 Å². The maximum Gasteiger partial charge on any atom is 0.0443 e. The fourth-order valence-corrected chi connectivity index (χ4v) is 2.42. The number of hydrogen-bond donors (Lipinski definition) is 1. The van der Waals surface area contributed by atoms with Crippen LogP contribution in [-0.2, 0) is 6.54 Å². The molecular weight excluding hydrogens is 210 g/mol. The van der Waals surface area contributed by atoms with E-state index in [2.05, 4.69) is 35.2 Å². The SMILES string of the molecule is CNCc1cnc(C)cc1N(C)CC1CCC1. The Morgan fingerprint density at radius 2 is 2.24 bits per heavy atom. The summed E-state index contributed by atoms with van der Waals surface area (Å²) in [5.74, 6) is 0.899. The van der Waals surface area contributed by atoms with Crippen LogP contribution in [0.5, 0.6) is 0 Å². The summed E-state index contributed by atoms with van der Waals surface area (Å²) in [6.45, 7) is 4.13. The third kappa shape index (κ3) is 2.97. The minimum Gasteiger partial charge on any atom is -0.374 e. The number of nitrogens with zero attached hydrogens (tertiary/aromatic N) is 2. The molecule has 0 bridgehead atoms. The van der Waals surface area contributed by atoms with Gasteiger partial charge in [0.05, 0.1) is 0 Å². The standard InChI is InChI=1S/C14H23N3/c1-11-7-14(13(8-15-2)9-16-11)17(3)10-12-5-4-6-12/h7,9,12,15H,4-6,8,10H2,1-3H3. The molecule has 1 saturated carbocycles. The Morgan fingerprint density at radius 1 is 1.47 bits per heavy atom. The predicted octanol–water partition coefficient (Wildman–Crippen LogP) is 2.35. The largest absolute Gasteiger partial charge is 0.374 e. The van der Waals surface area contributed by atoms with E-state index in [0.29, 0.717) is 0 Å². The van der Waals surface area contributed by atoms with Crippen molar-refractivity contribution in [2.75, 3.05) is 25.5 Å². The fraction of sp³-hybridized carbons (Fsp3) is 0.643. The van der Waals surface area contributed by atoms with Gasteiger partial charge >= 0.3 is 0 Å². The minimum absolute atomic E-state index is 0.887. The number of hydrogen-bond acceptors (Lipinski definition) is 3. The highest BCUT2D eigenvalue weighted by atomic mass is 15.1. The molecular formula is C14H23N3. The summed E-state index contributed by atoms with van der Waals surface area (Å²) in [5.41, 5.74) is 3.72. The van der Waals surface area contributed by atoms with Gasteiger partial charge in [-0.15, -0.1) is 0 Å². The number of aromatic nitrogens is 1. The molecule has 0 atom stereocenters. The Kier molecular flexibility index (Phi) is 4.00. The third-order valence-electron chi connectivity index (χ3n) is 3.63. The molecule has 0 aliphatic heterocycles. The first-order valence-electron chi connectivity index (χ1n) is 6.52. The monoisotopic (exact) mass is 233 g/mol. The smallest absolute Gasteiger partial charge is 0.0443 e. The van der Waals surface area contributed by atoms with E-state index < -0.39 is 0 Å². The van der Waals surface area contributed by atoms with Crippen molar-refractivity contribution in [3.8, 4) is 0 Å². The molecule has 0 radical (unpaired) electrons. The highest BCUT2D eigenvalue weighted by Gasteiger charge is 2.20. The summed E-state index contributed by atoms with van der Waals surface area (Å²) >= 11 is 0. The Bertz CT molecular complexity index is 372. The molecule has 0 amide bonds. The van der Waals surface area contributed by atoms with Gasteiger partial charge in [-0.2, -0.15) is 0 Å². The van der Waals surface area contributed by atoms with Crippen molar-refractivity contribution in [2.24, 2.45) is 5.92 Å². The molecule has 1 aromatic rings. The van der Waals surface area contributed by atoms with Gasteiger partial charge in [0.15, 0.2) is 0 Å². The Hall–Kier alpha value is -1.09. The molecule has 1 N–H and O–H groups in total. The lowest BCUT2D eigenvalue weighted by atomic mass is 9.85. The van der Waals surface area contributed by atoms with E-state index in [1.807, 2.05) is 13.2 Å². The molecule has 0 spiro atoms. The predicted molar refractivity (Wildman–Crippen MR) is 72.3 cm³/mol. The zero-order valence-corrected chi connectivity index (χ0v) is 11.2. The van der Waals surface area contributed by atoms with E-state index in [0.717, 1.165) is 18.2 Å². The van der Waals surface area contributed by atoms with Crippen molar-refractivity contribution < 1.29 is 0 Å². The van der Waals surface area contributed by atoms with Gasteiger partial charge in [-0.1, -0.05) is 6.42 Å². The maximum atomic E-state index is 4.39. The lowest BCUT2D eigenvalue weighted by Gasteiger charge is -2.32. The van der Waals surface area contributed by atoms with E-state index in [-0.39, 0.29) is 0 Å². The average Bonchev–Trinajstić information content (AvgIpc) is 2.26. The second-order valence-electron chi connectivity index (χ2n) is 5.16. The summed E-state index contributed by atoms with van der Waals surface area (Å²) in [4.78, 5) is 6.78. The first kappa shape index (κ1) is 12.4. The van der Waals surface area contributed by atoms with E-state index in [9.17, 15) is 0 Å². The molecule has 3 nitrogen and oxygen atoms in total. The quantitative estimate of drug-likeness (QED) is 0.846. The van der Waals surface area contributed by atoms with Crippen molar-refractivity contribution in [1.29, 1.82) is 0 Å². The van der Waals surface area contributed by atoms with Crippen LogP contribution in [0.1, 0.15) is 30.5 Å². The van der Waals surface area contributed by atoms with Crippen molar-refractivity contribution in [3.05, 3.63) is 23.5 Å². The van der Waals surface area contributed by atoms with Gasteiger partial charge < -0.3 is 10.2 Å². The fourth-order valence-electron chi connectivity index (χ4n) is 2.42. The first-order valence-corrected chi connectivity index (χ1v) is 6.52. The lowest BCUT2D eigenvalue weighted by molar-refractivity contribution is 0.321. The number of rotatable bonds is 5. The van der Waals surface area contributed by atoms with Crippen LogP contribution in [0, 0.1) is 12.8 Å². The van der Waals surface area contributed by atoms with Crippen LogP contribution in [0.4, 0.5) is 5.69 Å². The van der Waals surface area contributed by atoms with Crippen LogP contribution >= 0.6 is 0 Å². The summed E-state index contributed by atoms with van der Waals surface area (Å²) in [6.07, 6.45) is 6.21. The molecule has 94 valence electrons. The third-order valence-corrected chi connectivity index (χ3v) is 3.63. The molecule has 1 fully saturated rings. The zero-order chi connectivity index (χ0) is 12.3. The Labute approximate surface area is 104 Å². The Balaban J connectivity index is 2.12. The van der Waals surface area contributed by atoms with Gasteiger partial charge in [-0.25, -0.2) is 0 Å². The molecule has 1 aromatic heterocycles. The number of aryl methyl sites for hydroxylation is 1. The topological polar surface area (TPSA) is 28.2 Å². The molecule has 0 unspecified atom stereocenters. The van der Waals surface area contributed by atoms with Gasteiger partial charge in [0.25, 0.3) is 0 Å². The lowest BCUT2D eigenvalue weighted by Crippen LogP contribution is -2.30. The van der Waals surface area contributed by atoms with E-state index >= 15 is 0 Å². The van der Waals surface area contributed by atoms with E-state index in [1.165, 1.54) is 37.1 Å². The molecule has 0 saturated heterocycles. The summed E-state index contributed by atoms with van der Waals surface area (Å²) in [6, 6.07) is 2.20. The zero-order valence-electron chi connectivity index (χ0n) is 11.2. The summed E-state index contributed by atoms with van der Waals surface area (Å²) in [5, 5.41) is 3.21. The van der Waals surface area contributed by atoms with Crippen LogP contribution in [0.15, 0.2) is 12.3 Å². The molecule has 1 heterocycles. The maximum absolute atomic E-state index is 4.39. The molecule has 1 aliphatic rings. The van der Waals surface area contributed by atoms with Gasteiger partial charge in [-0.3, -0.25) is 4.98 Å². The van der Waals surface area contributed by atoms with Crippen LogP contribution in [0.25, 0.3) is 0 Å². The van der Waals surface area contributed by atoms with Crippen LogP contribution in [-0.4, -0.2) is 25.6 Å². The van der Waals surface area contributed by atoms with Crippen LogP contribution in [0.2, 0.25) is 0 Å². The highest BCUT2D eigenvalue weighted by molar-refractivity contribution is 5.53. The van der Waals surface area contributed by atoms with Gasteiger partial charge in [-0.05, 0) is 38.8 Å². The molecule has 0 aromatic carbocycles. The van der Waals surface area contributed by atoms with Crippen LogP contribution in [0.3, 0.4) is 0 Å². The van der Waals surface area contributed by atoms with Crippen LogP contribution < -0.4 is 10.2 Å². The first-order chi connectivity index (χ1) is 8.20. The summed E-state index contributed by atoms with van der Waals surface area (Å²) < 4.78 is 0. The molecule has 17 heavy (non-hydrogen) atoms. The molecule has 1 aliphatic carbocycles.